The molecular weight excluding hydrogens is 478 g/mol. The molecule has 0 radical (unpaired) electrons. The van der Waals surface area contributed by atoms with Crippen LogP contribution in [0.1, 0.15) is 27.0 Å². The monoisotopic (exact) mass is 508 g/mol. The zero-order chi connectivity index (χ0) is 26.6. The van der Waals surface area contributed by atoms with E-state index >= 15 is 0 Å². The van der Waals surface area contributed by atoms with Crippen LogP contribution in [0.15, 0.2) is 83.8 Å². The summed E-state index contributed by atoms with van der Waals surface area (Å²) in [4.78, 5) is 31.7. The molecule has 0 saturated carbocycles. The quantitative estimate of drug-likeness (QED) is 0.247. The van der Waals surface area contributed by atoms with E-state index < -0.39 is 0 Å². The topological polar surface area (TPSA) is 103 Å². The predicted molar refractivity (Wildman–Crippen MR) is 147 cm³/mol. The molecule has 0 spiro atoms. The van der Waals surface area contributed by atoms with Crippen molar-refractivity contribution in [2.24, 2.45) is 0 Å². The Hall–Kier alpha value is -4.72. The molecule has 0 aliphatic carbocycles. The molecule has 38 heavy (non-hydrogen) atoms. The van der Waals surface area contributed by atoms with E-state index in [9.17, 15) is 9.59 Å². The summed E-state index contributed by atoms with van der Waals surface area (Å²) in [5, 5.41) is 3.30. The van der Waals surface area contributed by atoms with E-state index in [2.05, 4.69) is 5.32 Å². The average molecular weight is 509 g/mol. The number of hydrogen-bond donors (Lipinski definition) is 2. The van der Waals surface area contributed by atoms with Gasteiger partial charge in [0.25, 0.3) is 17.1 Å². The fourth-order valence-electron chi connectivity index (χ4n) is 4.61. The van der Waals surface area contributed by atoms with Gasteiger partial charge in [-0.15, -0.1) is 0 Å². The minimum Gasteiger partial charge on any atom is -0.497 e. The van der Waals surface area contributed by atoms with Crippen molar-refractivity contribution in [2.45, 2.75) is 26.3 Å². The van der Waals surface area contributed by atoms with Crippen LogP contribution >= 0.6 is 0 Å². The van der Waals surface area contributed by atoms with Gasteiger partial charge in [-0.3, -0.25) is 14.0 Å². The molecule has 5 aromatic rings. The third-order valence-electron chi connectivity index (χ3n) is 6.75. The Labute approximate surface area is 220 Å². The minimum atomic E-state index is -0.333. The van der Waals surface area contributed by atoms with E-state index in [1.54, 1.807) is 23.9 Å². The Morgan fingerprint density at radius 3 is 2.50 bits per heavy atom. The number of benzene rings is 2. The molecule has 0 bridgehead atoms. The van der Waals surface area contributed by atoms with Crippen LogP contribution in [0.25, 0.3) is 16.7 Å². The van der Waals surface area contributed by atoms with Crippen molar-refractivity contribution in [2.75, 3.05) is 19.4 Å². The lowest BCUT2D eigenvalue weighted by atomic mass is 10.1. The molecule has 2 aromatic carbocycles. The van der Waals surface area contributed by atoms with E-state index in [1.165, 1.54) is 4.40 Å². The van der Waals surface area contributed by atoms with Crippen LogP contribution in [0.4, 0.5) is 5.82 Å². The van der Waals surface area contributed by atoms with E-state index in [1.807, 2.05) is 73.7 Å². The van der Waals surface area contributed by atoms with Gasteiger partial charge < -0.3 is 15.8 Å². The van der Waals surface area contributed by atoms with Crippen LogP contribution in [-0.4, -0.2) is 28.9 Å². The Kier molecular flexibility index (Phi) is 7.04. The molecule has 0 saturated heterocycles. The largest absolute Gasteiger partial charge is 0.497 e. The Balaban J connectivity index is 1.52. The summed E-state index contributed by atoms with van der Waals surface area (Å²) < 4.78 is 8.50. The highest BCUT2D eigenvalue weighted by Gasteiger charge is 2.24. The van der Waals surface area contributed by atoms with Crippen molar-refractivity contribution in [3.63, 3.8) is 0 Å². The SMILES string of the molecule is COc1ccc(CCNC(=O)c2cc3c(=O)n4cccc(C)c4nc3[n+](CCc3ccccc3)c2N)cc1. The molecule has 3 N–H and O–H groups in total. The molecule has 0 atom stereocenters. The number of rotatable bonds is 8. The number of nitrogens with two attached hydrogens (primary N) is 1. The number of nitrogens with zero attached hydrogens (tertiary/aromatic N) is 3. The second kappa shape index (κ2) is 10.7. The maximum absolute atomic E-state index is 13.5. The first-order chi connectivity index (χ1) is 18.5. The van der Waals surface area contributed by atoms with Gasteiger partial charge in [-0.2, -0.15) is 0 Å². The highest BCUT2D eigenvalue weighted by atomic mass is 16.5. The number of methoxy groups -OCH3 is 1. The molecule has 5 rings (SSSR count). The maximum atomic E-state index is 13.5. The third kappa shape index (κ3) is 4.93. The maximum Gasteiger partial charge on any atom is 0.278 e. The first-order valence-electron chi connectivity index (χ1n) is 12.6. The summed E-state index contributed by atoms with van der Waals surface area (Å²) in [5.74, 6) is 0.727. The lowest BCUT2D eigenvalue weighted by Gasteiger charge is -2.13. The summed E-state index contributed by atoms with van der Waals surface area (Å²) in [6.07, 6.45) is 3.00. The predicted octanol–water partition coefficient (Wildman–Crippen LogP) is 3.25. The Morgan fingerprint density at radius 2 is 1.76 bits per heavy atom. The van der Waals surface area contributed by atoms with Gasteiger partial charge in [-0.25, -0.2) is 4.57 Å². The summed E-state index contributed by atoms with van der Waals surface area (Å²) >= 11 is 0. The Bertz CT molecular complexity index is 1680. The molecule has 0 unspecified atom stereocenters. The number of nitrogen functional groups attached to an aromatic ring is 1. The van der Waals surface area contributed by atoms with Gasteiger partial charge in [0.2, 0.25) is 11.5 Å². The van der Waals surface area contributed by atoms with Crippen LogP contribution in [-0.2, 0) is 19.4 Å². The van der Waals surface area contributed by atoms with Crippen molar-refractivity contribution in [1.29, 1.82) is 0 Å². The molecular formula is C30H30N5O3+. The number of anilines is 1. The summed E-state index contributed by atoms with van der Waals surface area (Å²) in [7, 11) is 1.63. The third-order valence-corrected chi connectivity index (χ3v) is 6.75. The number of pyridine rings is 2. The first kappa shape index (κ1) is 25.0. The average Bonchev–Trinajstić information content (AvgIpc) is 2.94. The highest BCUT2D eigenvalue weighted by molar-refractivity contribution is 6.00. The zero-order valence-electron chi connectivity index (χ0n) is 21.5. The van der Waals surface area contributed by atoms with Crippen LogP contribution in [0.2, 0.25) is 0 Å². The van der Waals surface area contributed by atoms with Crippen LogP contribution in [0.5, 0.6) is 5.75 Å². The van der Waals surface area contributed by atoms with Gasteiger partial charge in [-0.1, -0.05) is 53.5 Å². The van der Waals surface area contributed by atoms with Crippen molar-refractivity contribution >= 4 is 28.4 Å². The normalized spacial score (nSPS) is 11.1. The lowest BCUT2D eigenvalue weighted by Crippen LogP contribution is -2.43. The summed E-state index contributed by atoms with van der Waals surface area (Å²) in [6, 6.07) is 23.0. The van der Waals surface area contributed by atoms with Gasteiger partial charge in [0, 0.05) is 24.7 Å². The minimum absolute atomic E-state index is 0.241. The van der Waals surface area contributed by atoms with Crippen LogP contribution in [0, 0.1) is 6.92 Å². The summed E-state index contributed by atoms with van der Waals surface area (Å²) in [6.45, 7) is 2.80. The zero-order valence-corrected chi connectivity index (χ0v) is 21.5. The van der Waals surface area contributed by atoms with Gasteiger partial charge >= 0.3 is 0 Å². The number of carbonyl (C=O) groups excluding carboxylic acids is 1. The van der Waals surface area contributed by atoms with E-state index in [0.29, 0.717) is 42.6 Å². The number of fused-ring (bicyclic) bond motifs is 2. The lowest BCUT2D eigenvalue weighted by molar-refractivity contribution is -0.658. The first-order valence-corrected chi connectivity index (χ1v) is 12.6. The molecule has 3 heterocycles. The molecule has 1 amide bonds. The number of aryl methyl sites for hydroxylation is 3. The molecule has 8 heteroatoms. The number of amides is 1. The van der Waals surface area contributed by atoms with E-state index in [0.717, 1.165) is 22.4 Å². The fraction of sp³-hybridized carbons (Fsp3) is 0.200. The molecule has 192 valence electrons. The van der Waals surface area contributed by atoms with Gasteiger partial charge in [-0.05, 0) is 48.7 Å². The number of hydrogen-bond acceptors (Lipinski definition) is 5. The fourth-order valence-corrected chi connectivity index (χ4v) is 4.61. The molecule has 0 aliphatic heterocycles. The van der Waals surface area contributed by atoms with Gasteiger partial charge in [0.05, 0.1) is 13.7 Å². The second-order valence-corrected chi connectivity index (χ2v) is 9.22. The number of nitrogens with one attached hydrogen (secondary N) is 1. The van der Waals surface area contributed by atoms with Crippen molar-refractivity contribution < 1.29 is 14.1 Å². The number of ether oxygens (including phenoxy) is 1. The molecule has 3 aromatic heterocycles. The van der Waals surface area contributed by atoms with E-state index in [4.69, 9.17) is 15.5 Å². The molecule has 8 nitrogen and oxygen atoms in total. The van der Waals surface area contributed by atoms with Crippen molar-refractivity contribution in [3.8, 4) is 5.75 Å². The van der Waals surface area contributed by atoms with Crippen LogP contribution in [0.3, 0.4) is 0 Å². The van der Waals surface area contributed by atoms with Gasteiger partial charge in [0.1, 0.15) is 16.7 Å². The number of aromatic nitrogens is 3. The molecule has 0 aliphatic rings. The smallest absolute Gasteiger partial charge is 0.278 e. The van der Waals surface area contributed by atoms with Crippen LogP contribution < -0.4 is 25.9 Å². The highest BCUT2D eigenvalue weighted by Crippen LogP contribution is 2.17. The molecule has 0 fully saturated rings. The van der Waals surface area contributed by atoms with Gasteiger partial charge in [0.15, 0.2) is 0 Å². The van der Waals surface area contributed by atoms with E-state index in [-0.39, 0.29) is 22.8 Å². The summed E-state index contributed by atoms with van der Waals surface area (Å²) in [5.41, 5.74) is 10.7. The number of carbonyl (C=O) groups is 1. The standard InChI is InChI=1S/C30H29N5O3/c1-20-7-6-17-35-27(20)33-28-25(30(35)37)19-24(26(31)34(28)18-15-21-8-4-3-5-9-21)29(36)32-16-14-22-10-12-23(38-2)13-11-22/h3-13,17,19,31H,14-16,18H2,1-2H3,(H,32,36)/p+1. The van der Waals surface area contributed by atoms with Crippen molar-refractivity contribution in [3.05, 3.63) is 112 Å². The van der Waals surface area contributed by atoms with Crippen molar-refractivity contribution in [1.82, 2.24) is 14.7 Å². The second-order valence-electron chi connectivity index (χ2n) is 9.22. The Morgan fingerprint density at radius 1 is 1.03 bits per heavy atom.